The van der Waals surface area contributed by atoms with Gasteiger partial charge in [-0.15, -0.1) is 0 Å². The number of hydrogen-bond donors (Lipinski definition) is 1. The molecule has 2 N–H and O–H groups in total. The van der Waals surface area contributed by atoms with E-state index in [9.17, 15) is 18.0 Å². The van der Waals surface area contributed by atoms with Crippen LogP contribution in [-0.4, -0.2) is 49.8 Å². The molecule has 1 unspecified atom stereocenters. The van der Waals surface area contributed by atoms with Gasteiger partial charge in [0.05, 0.1) is 13.7 Å². The highest BCUT2D eigenvalue weighted by Gasteiger charge is 2.31. The van der Waals surface area contributed by atoms with Gasteiger partial charge in [-0.25, -0.2) is 0 Å². The van der Waals surface area contributed by atoms with E-state index in [1.807, 2.05) is 0 Å². The SMILES string of the molecule is CCN(CC(N)C(=O)OC)CC(F)(F)F. The van der Waals surface area contributed by atoms with E-state index >= 15 is 0 Å². The van der Waals surface area contributed by atoms with Gasteiger partial charge in [-0.1, -0.05) is 6.92 Å². The summed E-state index contributed by atoms with van der Waals surface area (Å²) in [6, 6.07) is -1.04. The predicted molar refractivity (Wildman–Crippen MR) is 48.2 cm³/mol. The largest absolute Gasteiger partial charge is 0.468 e. The first-order chi connectivity index (χ1) is 6.80. The molecule has 0 aromatic heterocycles. The summed E-state index contributed by atoms with van der Waals surface area (Å²) in [4.78, 5) is 11.9. The van der Waals surface area contributed by atoms with Crippen molar-refractivity contribution in [2.45, 2.75) is 19.1 Å². The van der Waals surface area contributed by atoms with Gasteiger partial charge in [-0.05, 0) is 6.54 Å². The van der Waals surface area contributed by atoms with Crippen molar-refractivity contribution in [3.63, 3.8) is 0 Å². The van der Waals surface area contributed by atoms with Crippen molar-refractivity contribution in [3.8, 4) is 0 Å². The molecule has 0 radical (unpaired) electrons. The lowest BCUT2D eigenvalue weighted by Crippen LogP contribution is -2.46. The van der Waals surface area contributed by atoms with Gasteiger partial charge in [-0.2, -0.15) is 13.2 Å². The Kier molecular flexibility index (Phi) is 5.59. The molecule has 0 saturated carbocycles. The lowest BCUT2D eigenvalue weighted by atomic mass is 10.3. The minimum absolute atomic E-state index is 0.164. The van der Waals surface area contributed by atoms with Gasteiger partial charge in [0.15, 0.2) is 0 Å². The molecule has 0 amide bonds. The molecule has 1 atom stereocenters. The Morgan fingerprint density at radius 1 is 1.53 bits per heavy atom. The summed E-state index contributed by atoms with van der Waals surface area (Å²) in [6.07, 6.45) is -4.29. The molecule has 0 heterocycles. The maximum Gasteiger partial charge on any atom is 0.401 e. The smallest absolute Gasteiger partial charge is 0.401 e. The fourth-order valence-corrected chi connectivity index (χ4v) is 1.06. The van der Waals surface area contributed by atoms with Crippen molar-refractivity contribution in [2.24, 2.45) is 5.73 Å². The van der Waals surface area contributed by atoms with Crippen molar-refractivity contribution in [3.05, 3.63) is 0 Å². The van der Waals surface area contributed by atoms with E-state index in [2.05, 4.69) is 4.74 Å². The highest BCUT2D eigenvalue weighted by Crippen LogP contribution is 2.16. The number of likely N-dealkylation sites (N-methyl/N-ethyl adjacent to an activating group) is 1. The highest BCUT2D eigenvalue weighted by molar-refractivity contribution is 5.75. The molecule has 0 aromatic rings. The first-order valence-corrected chi connectivity index (χ1v) is 4.42. The standard InChI is InChI=1S/C8H15F3N2O2/c1-3-13(5-8(9,10)11)4-6(12)7(14)15-2/h6H,3-5,12H2,1-2H3. The number of esters is 1. The van der Waals surface area contributed by atoms with Crippen LogP contribution in [0, 0.1) is 0 Å². The third-order valence-corrected chi connectivity index (χ3v) is 1.81. The van der Waals surface area contributed by atoms with Gasteiger partial charge in [0.2, 0.25) is 0 Å². The Hall–Kier alpha value is -0.820. The van der Waals surface area contributed by atoms with Crippen LogP contribution in [0.5, 0.6) is 0 Å². The Labute approximate surface area is 86.2 Å². The first-order valence-electron chi connectivity index (χ1n) is 4.42. The summed E-state index contributed by atoms with van der Waals surface area (Å²) in [7, 11) is 1.14. The predicted octanol–water partition coefficient (Wildman–Crippen LogP) is 0.371. The monoisotopic (exact) mass is 228 g/mol. The summed E-state index contributed by atoms with van der Waals surface area (Å²) in [6.45, 7) is 0.497. The fourth-order valence-electron chi connectivity index (χ4n) is 1.06. The Morgan fingerprint density at radius 2 is 2.07 bits per heavy atom. The van der Waals surface area contributed by atoms with Crippen molar-refractivity contribution in [1.29, 1.82) is 0 Å². The fraction of sp³-hybridized carbons (Fsp3) is 0.875. The second kappa shape index (κ2) is 5.92. The van der Waals surface area contributed by atoms with Crippen LogP contribution < -0.4 is 5.73 Å². The van der Waals surface area contributed by atoms with E-state index in [4.69, 9.17) is 5.73 Å². The quantitative estimate of drug-likeness (QED) is 0.691. The zero-order chi connectivity index (χ0) is 12.1. The van der Waals surface area contributed by atoms with Gasteiger partial charge in [0.25, 0.3) is 0 Å². The summed E-state index contributed by atoms with van der Waals surface area (Å²) in [5.41, 5.74) is 5.34. The van der Waals surface area contributed by atoms with Gasteiger partial charge < -0.3 is 10.5 Å². The van der Waals surface area contributed by atoms with Crippen LogP contribution >= 0.6 is 0 Å². The number of nitrogens with two attached hydrogens (primary N) is 1. The van der Waals surface area contributed by atoms with E-state index in [0.717, 1.165) is 12.0 Å². The number of ether oxygens (including phenoxy) is 1. The average molecular weight is 228 g/mol. The molecular formula is C8H15F3N2O2. The molecule has 4 nitrogen and oxygen atoms in total. The number of carbonyl (C=O) groups is 1. The molecule has 0 aliphatic carbocycles. The molecule has 0 rings (SSSR count). The Morgan fingerprint density at radius 3 is 2.40 bits per heavy atom. The van der Waals surface area contributed by atoms with E-state index in [0.29, 0.717) is 0 Å². The minimum atomic E-state index is -4.29. The second-order valence-corrected chi connectivity index (χ2v) is 3.07. The zero-order valence-corrected chi connectivity index (χ0v) is 8.67. The number of nitrogens with zero attached hydrogens (tertiary/aromatic N) is 1. The normalized spacial score (nSPS) is 14.1. The van der Waals surface area contributed by atoms with Crippen LogP contribution in [0.15, 0.2) is 0 Å². The van der Waals surface area contributed by atoms with E-state index in [1.54, 1.807) is 6.92 Å². The second-order valence-electron chi connectivity index (χ2n) is 3.07. The van der Waals surface area contributed by atoms with Crippen LogP contribution in [0.3, 0.4) is 0 Å². The molecule has 15 heavy (non-hydrogen) atoms. The van der Waals surface area contributed by atoms with Crippen molar-refractivity contribution >= 4 is 5.97 Å². The minimum Gasteiger partial charge on any atom is -0.468 e. The number of hydrogen-bond acceptors (Lipinski definition) is 4. The maximum absolute atomic E-state index is 12.0. The molecule has 0 aromatic carbocycles. The van der Waals surface area contributed by atoms with Crippen molar-refractivity contribution in [2.75, 3.05) is 26.7 Å². The summed E-state index contributed by atoms with van der Waals surface area (Å²) >= 11 is 0. The van der Waals surface area contributed by atoms with Gasteiger partial charge in [0, 0.05) is 6.54 Å². The lowest BCUT2D eigenvalue weighted by Gasteiger charge is -2.23. The average Bonchev–Trinajstić information content (AvgIpc) is 2.13. The molecule has 0 bridgehead atoms. The summed E-state index contributed by atoms with van der Waals surface area (Å²) in [5.74, 6) is -0.712. The molecule has 7 heteroatoms. The van der Waals surface area contributed by atoms with Crippen molar-refractivity contribution in [1.82, 2.24) is 4.90 Å². The van der Waals surface area contributed by atoms with Crippen LogP contribution in [0.2, 0.25) is 0 Å². The molecule has 0 saturated heterocycles. The molecular weight excluding hydrogens is 213 g/mol. The first kappa shape index (κ1) is 14.2. The maximum atomic E-state index is 12.0. The number of carbonyl (C=O) groups excluding carboxylic acids is 1. The third-order valence-electron chi connectivity index (χ3n) is 1.81. The topological polar surface area (TPSA) is 55.6 Å². The van der Waals surface area contributed by atoms with E-state index in [-0.39, 0.29) is 13.1 Å². The van der Waals surface area contributed by atoms with Crippen LogP contribution in [-0.2, 0) is 9.53 Å². The number of methoxy groups -OCH3 is 1. The Balaban J connectivity index is 4.15. The number of rotatable bonds is 5. The number of halogens is 3. The van der Waals surface area contributed by atoms with Gasteiger partial charge in [0.1, 0.15) is 6.04 Å². The van der Waals surface area contributed by atoms with Crippen LogP contribution in [0.4, 0.5) is 13.2 Å². The molecule has 90 valence electrons. The summed E-state index contributed by atoms with van der Waals surface area (Å²) in [5, 5.41) is 0. The van der Waals surface area contributed by atoms with Crippen LogP contribution in [0.25, 0.3) is 0 Å². The molecule has 0 aliphatic rings. The van der Waals surface area contributed by atoms with Crippen LogP contribution in [0.1, 0.15) is 6.92 Å². The number of alkyl halides is 3. The highest BCUT2D eigenvalue weighted by atomic mass is 19.4. The third kappa shape index (κ3) is 6.29. The lowest BCUT2D eigenvalue weighted by molar-refractivity contribution is -0.151. The summed E-state index contributed by atoms with van der Waals surface area (Å²) < 4.78 is 40.4. The van der Waals surface area contributed by atoms with Gasteiger partial charge >= 0.3 is 12.1 Å². The van der Waals surface area contributed by atoms with E-state index < -0.39 is 24.7 Å². The molecule has 0 fully saturated rings. The molecule has 0 aliphatic heterocycles. The zero-order valence-electron chi connectivity index (χ0n) is 8.67. The van der Waals surface area contributed by atoms with Crippen molar-refractivity contribution < 1.29 is 22.7 Å². The Bertz CT molecular complexity index is 209. The molecule has 0 spiro atoms. The van der Waals surface area contributed by atoms with E-state index in [1.165, 1.54) is 0 Å². The van der Waals surface area contributed by atoms with Gasteiger partial charge in [-0.3, -0.25) is 9.69 Å².